The van der Waals surface area contributed by atoms with Gasteiger partial charge in [-0.2, -0.15) is 0 Å². The number of hydrogen-bond acceptors (Lipinski definition) is 4. The van der Waals surface area contributed by atoms with Gasteiger partial charge in [-0.15, -0.1) is 0 Å². The molecule has 0 atom stereocenters. The summed E-state index contributed by atoms with van der Waals surface area (Å²) in [6.07, 6.45) is 0. The van der Waals surface area contributed by atoms with Gasteiger partial charge in [-0.3, -0.25) is 0 Å². The fraction of sp³-hybridized carbons (Fsp3) is 0.889. The van der Waals surface area contributed by atoms with Crippen LogP contribution in [0.2, 0.25) is 0 Å². The molecule has 0 heterocycles. The van der Waals surface area contributed by atoms with Gasteiger partial charge < -0.3 is 27.6 Å². The van der Waals surface area contributed by atoms with E-state index in [2.05, 4.69) is 0 Å². The molecule has 0 unspecified atom stereocenters. The smallest absolute Gasteiger partial charge is 0.0717 e. The van der Waals surface area contributed by atoms with Crippen LogP contribution in [0.4, 0.5) is 0 Å². The van der Waals surface area contributed by atoms with Crippen molar-refractivity contribution in [3.8, 4) is 0 Å². The molecular weight excluding hydrogens is 218 g/mol. The third-order valence-corrected chi connectivity index (χ3v) is 0.703. The molecule has 0 aromatic heterocycles. The van der Waals surface area contributed by atoms with E-state index in [1.165, 1.54) is 0 Å². The van der Waals surface area contributed by atoms with Crippen molar-refractivity contribution < 1.29 is 37.0 Å². The molecule has 0 aliphatic heterocycles. The minimum absolute atomic E-state index is 0. The molecule has 0 aliphatic rings. The summed E-state index contributed by atoms with van der Waals surface area (Å²) in [7, 11) is 5.88. The maximum atomic E-state index is 9.15. The Morgan fingerprint density at radius 2 is 1.21 bits per heavy atom. The van der Waals surface area contributed by atoms with Crippen molar-refractivity contribution in [1.29, 1.82) is 0 Å². The van der Waals surface area contributed by atoms with E-state index in [9.17, 15) is 0 Å². The van der Waals surface area contributed by atoms with Gasteiger partial charge in [-0.25, -0.2) is 0 Å². The molecule has 0 saturated carbocycles. The Balaban J connectivity index is -0.0000000400. The van der Waals surface area contributed by atoms with E-state index in [0.29, 0.717) is 6.54 Å². The minimum Gasteiger partial charge on any atom is -0.400 e. The number of aliphatic hydroxyl groups excluding tert-OH is 2. The van der Waals surface area contributed by atoms with Crippen LogP contribution in [0, 0.1) is 7.43 Å². The molecule has 0 aromatic carbocycles. The summed E-state index contributed by atoms with van der Waals surface area (Å²) in [4.78, 5) is 1.96. The zero-order valence-corrected chi connectivity index (χ0v) is 12.1. The van der Waals surface area contributed by atoms with Gasteiger partial charge in [0.2, 0.25) is 0 Å². The van der Waals surface area contributed by atoms with Crippen LogP contribution >= 0.6 is 0 Å². The Morgan fingerprint density at radius 3 is 1.21 bits per heavy atom. The monoisotopic (exact) mass is 244 g/mol. The van der Waals surface area contributed by atoms with E-state index in [1.54, 1.807) is 13.8 Å². The Labute approximate surface area is 104 Å². The Morgan fingerprint density at radius 1 is 1.00 bits per heavy atom. The SMILES string of the molecule is CN(C)CC(C)(C)O.CO.CO.[CH3-].[Ti]. The van der Waals surface area contributed by atoms with Crippen molar-refractivity contribution >= 4 is 0 Å². The molecule has 0 rings (SSSR count). The largest absolute Gasteiger partial charge is 0.400 e. The van der Waals surface area contributed by atoms with Gasteiger partial charge in [0, 0.05) is 42.5 Å². The van der Waals surface area contributed by atoms with E-state index in [0.717, 1.165) is 14.2 Å². The first-order valence-corrected chi connectivity index (χ1v) is 3.68. The first kappa shape index (κ1) is 29.3. The van der Waals surface area contributed by atoms with Crippen molar-refractivity contribution in [2.24, 2.45) is 0 Å². The standard InChI is InChI=1S/C6H15NO.2CH4O.CH3.Ti/c1-6(2,8)5-7(3)4;2*1-2;;/h8H,5H2,1-4H3;2*2H,1H3;1H3;/q;;;-1;. The summed E-state index contributed by atoms with van der Waals surface area (Å²) < 4.78 is 0. The van der Waals surface area contributed by atoms with Crippen molar-refractivity contribution in [1.82, 2.24) is 4.90 Å². The molecule has 0 amide bonds. The molecule has 3 N–H and O–H groups in total. The molecule has 0 aliphatic carbocycles. The Hall–Kier alpha value is 0.554. The number of nitrogens with zero attached hydrogens (tertiary/aromatic N) is 1. The van der Waals surface area contributed by atoms with E-state index >= 15 is 0 Å². The zero-order valence-electron chi connectivity index (χ0n) is 10.5. The van der Waals surface area contributed by atoms with Crippen LogP contribution in [0.1, 0.15) is 13.8 Å². The zero-order chi connectivity index (χ0) is 10.8. The van der Waals surface area contributed by atoms with Crippen LogP contribution in [-0.2, 0) is 21.7 Å². The second-order valence-corrected chi connectivity index (χ2v) is 3.05. The van der Waals surface area contributed by atoms with Crippen LogP contribution in [0.15, 0.2) is 0 Å². The van der Waals surface area contributed by atoms with Gasteiger partial charge in [0.25, 0.3) is 0 Å². The minimum atomic E-state index is -0.552. The van der Waals surface area contributed by atoms with Crippen LogP contribution in [0.5, 0.6) is 0 Å². The second kappa shape index (κ2) is 19.2. The van der Waals surface area contributed by atoms with Gasteiger partial charge in [-0.05, 0) is 27.9 Å². The van der Waals surface area contributed by atoms with E-state index < -0.39 is 5.60 Å². The van der Waals surface area contributed by atoms with Crippen molar-refractivity contribution in [3.63, 3.8) is 0 Å². The maximum Gasteiger partial charge on any atom is 0.0717 e. The van der Waals surface area contributed by atoms with Crippen LogP contribution < -0.4 is 0 Å². The molecule has 0 aromatic rings. The van der Waals surface area contributed by atoms with E-state index in [4.69, 9.17) is 15.3 Å². The summed E-state index contributed by atoms with van der Waals surface area (Å²) in [5.41, 5.74) is -0.552. The average Bonchev–Trinajstić information content (AvgIpc) is 1.91. The molecule has 5 heteroatoms. The first-order chi connectivity index (χ1) is 5.42. The molecule has 14 heavy (non-hydrogen) atoms. The fourth-order valence-electron chi connectivity index (χ4n) is 0.774. The Kier molecular flexibility index (Phi) is 40.1. The second-order valence-electron chi connectivity index (χ2n) is 3.05. The number of rotatable bonds is 2. The van der Waals surface area contributed by atoms with Gasteiger partial charge in [-0.1, -0.05) is 0 Å². The van der Waals surface area contributed by atoms with Crippen LogP contribution in [0.3, 0.4) is 0 Å². The topological polar surface area (TPSA) is 63.9 Å². The summed E-state index contributed by atoms with van der Waals surface area (Å²) in [6.45, 7) is 4.31. The molecular formula is C9H26NO3Ti-. The molecule has 90 valence electrons. The summed E-state index contributed by atoms with van der Waals surface area (Å²) in [5.74, 6) is 0. The predicted molar refractivity (Wildman–Crippen MR) is 57.6 cm³/mol. The van der Waals surface area contributed by atoms with Crippen molar-refractivity contribution in [2.45, 2.75) is 19.4 Å². The molecule has 0 saturated heterocycles. The molecule has 0 spiro atoms. The van der Waals surface area contributed by atoms with Gasteiger partial charge >= 0.3 is 0 Å². The number of aliphatic hydroxyl groups is 3. The van der Waals surface area contributed by atoms with E-state index in [1.807, 2.05) is 19.0 Å². The van der Waals surface area contributed by atoms with Gasteiger partial charge in [0.1, 0.15) is 0 Å². The maximum absolute atomic E-state index is 9.15. The Bertz CT molecular complexity index is 74.9. The normalized spacial score (nSPS) is 8.14. The average molecular weight is 244 g/mol. The molecule has 0 radical (unpaired) electrons. The number of hydrogen-bond donors (Lipinski definition) is 3. The van der Waals surface area contributed by atoms with Crippen molar-refractivity contribution in [3.05, 3.63) is 7.43 Å². The van der Waals surface area contributed by atoms with Crippen LogP contribution in [0.25, 0.3) is 0 Å². The molecule has 0 fully saturated rings. The molecule has 0 bridgehead atoms. The number of likely N-dealkylation sites (N-methyl/N-ethyl adjacent to an activating group) is 1. The summed E-state index contributed by atoms with van der Waals surface area (Å²) in [5, 5.41) is 23.1. The summed E-state index contributed by atoms with van der Waals surface area (Å²) in [6, 6.07) is 0. The predicted octanol–water partition coefficient (Wildman–Crippen LogP) is -0.0163. The summed E-state index contributed by atoms with van der Waals surface area (Å²) >= 11 is 0. The quantitative estimate of drug-likeness (QED) is 0.472. The third kappa shape index (κ3) is 54.3. The first-order valence-electron chi connectivity index (χ1n) is 3.68. The van der Waals surface area contributed by atoms with Gasteiger partial charge in [0.15, 0.2) is 0 Å². The van der Waals surface area contributed by atoms with Gasteiger partial charge in [0.05, 0.1) is 5.60 Å². The fourth-order valence-corrected chi connectivity index (χ4v) is 0.774. The van der Waals surface area contributed by atoms with Crippen LogP contribution in [-0.4, -0.2) is 60.7 Å². The van der Waals surface area contributed by atoms with E-state index in [-0.39, 0.29) is 29.1 Å². The van der Waals surface area contributed by atoms with Crippen molar-refractivity contribution in [2.75, 3.05) is 34.9 Å². The molecule has 4 nitrogen and oxygen atoms in total. The third-order valence-electron chi connectivity index (χ3n) is 0.703.